The Labute approximate surface area is 124 Å². The fourth-order valence-corrected chi connectivity index (χ4v) is 2.24. The summed E-state index contributed by atoms with van der Waals surface area (Å²) in [5, 5.41) is 0. The number of benzene rings is 2. The lowest BCUT2D eigenvalue weighted by atomic mass is 10.1. The second kappa shape index (κ2) is 6.39. The highest BCUT2D eigenvalue weighted by Crippen LogP contribution is 2.20. The zero-order valence-corrected chi connectivity index (χ0v) is 12.3. The van der Waals surface area contributed by atoms with Crippen LogP contribution in [0.2, 0.25) is 0 Å². The molecule has 110 valence electrons. The van der Waals surface area contributed by atoms with Crippen LogP contribution in [0.1, 0.15) is 29.3 Å². The number of anilines is 2. The fourth-order valence-electron chi connectivity index (χ4n) is 2.24. The van der Waals surface area contributed by atoms with Crippen LogP contribution in [-0.2, 0) is 0 Å². The molecule has 0 aliphatic heterocycles. The van der Waals surface area contributed by atoms with Gasteiger partial charge in [-0.05, 0) is 61.4 Å². The second-order valence-corrected chi connectivity index (χ2v) is 5.07. The molecule has 4 heteroatoms. The molecule has 0 saturated heterocycles. The van der Waals surface area contributed by atoms with E-state index in [1.165, 1.54) is 12.1 Å². The first-order valence-electron chi connectivity index (χ1n) is 6.96. The molecule has 0 unspecified atom stereocenters. The maximum atomic E-state index is 13.5. The van der Waals surface area contributed by atoms with E-state index < -0.39 is 5.82 Å². The van der Waals surface area contributed by atoms with Gasteiger partial charge < -0.3 is 10.6 Å². The van der Waals surface area contributed by atoms with E-state index in [1.54, 1.807) is 42.2 Å². The normalized spacial score (nSPS) is 10.4. The Morgan fingerprint density at radius 1 is 1.19 bits per heavy atom. The molecule has 0 fully saturated rings. The Balaban J connectivity index is 2.37. The third-order valence-corrected chi connectivity index (χ3v) is 3.19. The van der Waals surface area contributed by atoms with E-state index >= 15 is 0 Å². The standard InChI is InChI=1S/C17H19FN2O/c1-3-8-20(16-6-4-15(19)5-7-16)17(21)13-9-12(2)10-14(18)11-13/h4-7,9-11H,3,8,19H2,1-2H3. The third kappa shape index (κ3) is 3.60. The Morgan fingerprint density at radius 3 is 2.43 bits per heavy atom. The van der Waals surface area contributed by atoms with Gasteiger partial charge in [0.1, 0.15) is 5.82 Å². The van der Waals surface area contributed by atoms with Gasteiger partial charge in [-0.3, -0.25) is 4.79 Å². The molecule has 0 radical (unpaired) electrons. The van der Waals surface area contributed by atoms with Crippen molar-refractivity contribution in [3.05, 3.63) is 59.4 Å². The van der Waals surface area contributed by atoms with Crippen molar-refractivity contribution in [1.82, 2.24) is 0 Å². The second-order valence-electron chi connectivity index (χ2n) is 5.07. The van der Waals surface area contributed by atoms with E-state index in [0.29, 0.717) is 17.8 Å². The molecule has 2 aromatic rings. The molecule has 0 aromatic heterocycles. The van der Waals surface area contributed by atoms with Crippen molar-refractivity contribution in [2.75, 3.05) is 17.2 Å². The maximum absolute atomic E-state index is 13.5. The van der Waals surface area contributed by atoms with Gasteiger partial charge in [0, 0.05) is 23.5 Å². The predicted molar refractivity (Wildman–Crippen MR) is 84.0 cm³/mol. The van der Waals surface area contributed by atoms with E-state index in [1.807, 2.05) is 6.92 Å². The molecule has 2 aromatic carbocycles. The van der Waals surface area contributed by atoms with Crippen LogP contribution in [0.3, 0.4) is 0 Å². The molecule has 2 rings (SSSR count). The SMILES string of the molecule is CCCN(C(=O)c1cc(C)cc(F)c1)c1ccc(N)cc1. The van der Waals surface area contributed by atoms with E-state index in [0.717, 1.165) is 17.7 Å². The summed E-state index contributed by atoms with van der Waals surface area (Å²) in [5.41, 5.74) is 8.17. The number of amides is 1. The zero-order chi connectivity index (χ0) is 15.4. The third-order valence-electron chi connectivity index (χ3n) is 3.19. The number of nitrogen functional groups attached to an aromatic ring is 1. The molecule has 21 heavy (non-hydrogen) atoms. The average molecular weight is 286 g/mol. The van der Waals surface area contributed by atoms with Crippen molar-refractivity contribution < 1.29 is 9.18 Å². The minimum atomic E-state index is -0.396. The van der Waals surface area contributed by atoms with Gasteiger partial charge in [0.05, 0.1) is 0 Å². The molecule has 1 amide bonds. The van der Waals surface area contributed by atoms with Gasteiger partial charge in [-0.15, -0.1) is 0 Å². The van der Waals surface area contributed by atoms with Crippen molar-refractivity contribution in [3.8, 4) is 0 Å². The van der Waals surface area contributed by atoms with Gasteiger partial charge in [-0.1, -0.05) is 6.92 Å². The number of nitrogens with two attached hydrogens (primary N) is 1. The quantitative estimate of drug-likeness (QED) is 0.870. The number of rotatable bonds is 4. The minimum Gasteiger partial charge on any atom is -0.399 e. The zero-order valence-electron chi connectivity index (χ0n) is 12.3. The van der Waals surface area contributed by atoms with Crippen LogP contribution in [0, 0.1) is 12.7 Å². The largest absolute Gasteiger partial charge is 0.399 e. The summed E-state index contributed by atoms with van der Waals surface area (Å²) in [4.78, 5) is 14.3. The van der Waals surface area contributed by atoms with Crippen LogP contribution in [0.4, 0.5) is 15.8 Å². The van der Waals surface area contributed by atoms with E-state index in [9.17, 15) is 9.18 Å². The number of hydrogen-bond acceptors (Lipinski definition) is 2. The van der Waals surface area contributed by atoms with Gasteiger partial charge >= 0.3 is 0 Å². The molecule has 0 atom stereocenters. The number of hydrogen-bond donors (Lipinski definition) is 1. The predicted octanol–water partition coefficient (Wildman–Crippen LogP) is 3.77. The van der Waals surface area contributed by atoms with Crippen molar-refractivity contribution >= 4 is 17.3 Å². The molecule has 0 aliphatic carbocycles. The van der Waals surface area contributed by atoms with Gasteiger partial charge in [-0.25, -0.2) is 4.39 Å². The topological polar surface area (TPSA) is 46.3 Å². The average Bonchev–Trinajstić information content (AvgIpc) is 2.44. The Morgan fingerprint density at radius 2 is 1.86 bits per heavy atom. The van der Waals surface area contributed by atoms with Gasteiger partial charge in [0.15, 0.2) is 0 Å². The lowest BCUT2D eigenvalue weighted by Gasteiger charge is -2.22. The molecule has 0 bridgehead atoms. The molecule has 0 saturated carbocycles. The van der Waals surface area contributed by atoms with Crippen molar-refractivity contribution in [1.29, 1.82) is 0 Å². The molecular weight excluding hydrogens is 267 g/mol. The van der Waals surface area contributed by atoms with Crippen molar-refractivity contribution in [2.45, 2.75) is 20.3 Å². The highest BCUT2D eigenvalue weighted by atomic mass is 19.1. The first-order chi connectivity index (χ1) is 10.0. The van der Waals surface area contributed by atoms with Crippen LogP contribution in [0.15, 0.2) is 42.5 Å². The van der Waals surface area contributed by atoms with Gasteiger partial charge in [-0.2, -0.15) is 0 Å². The summed E-state index contributed by atoms with van der Waals surface area (Å²) in [6.45, 7) is 4.33. The van der Waals surface area contributed by atoms with Crippen LogP contribution in [0.25, 0.3) is 0 Å². The highest BCUT2D eigenvalue weighted by molar-refractivity contribution is 6.06. The Bertz CT molecular complexity index is 617. The molecule has 0 aliphatic rings. The first kappa shape index (κ1) is 15.0. The van der Waals surface area contributed by atoms with Crippen LogP contribution in [0.5, 0.6) is 0 Å². The fraction of sp³-hybridized carbons (Fsp3) is 0.235. The number of carbonyl (C=O) groups is 1. The van der Waals surface area contributed by atoms with Crippen LogP contribution >= 0.6 is 0 Å². The van der Waals surface area contributed by atoms with Crippen LogP contribution in [-0.4, -0.2) is 12.5 Å². The molecule has 0 spiro atoms. The Hall–Kier alpha value is -2.36. The molecule has 2 N–H and O–H groups in total. The summed E-state index contributed by atoms with van der Waals surface area (Å²) >= 11 is 0. The smallest absolute Gasteiger partial charge is 0.258 e. The number of nitrogens with zero attached hydrogens (tertiary/aromatic N) is 1. The lowest BCUT2D eigenvalue weighted by Crippen LogP contribution is -2.31. The summed E-state index contributed by atoms with van der Waals surface area (Å²) in [6.07, 6.45) is 0.810. The summed E-state index contributed by atoms with van der Waals surface area (Å²) in [7, 11) is 0. The monoisotopic (exact) mass is 286 g/mol. The number of carbonyl (C=O) groups excluding carboxylic acids is 1. The summed E-state index contributed by atoms with van der Waals surface area (Å²) < 4.78 is 13.5. The number of aryl methyl sites for hydroxylation is 1. The molecule has 0 heterocycles. The van der Waals surface area contributed by atoms with E-state index in [4.69, 9.17) is 5.73 Å². The van der Waals surface area contributed by atoms with Gasteiger partial charge in [0.2, 0.25) is 0 Å². The number of halogens is 1. The summed E-state index contributed by atoms with van der Waals surface area (Å²) in [5.74, 6) is -0.601. The van der Waals surface area contributed by atoms with Crippen molar-refractivity contribution in [3.63, 3.8) is 0 Å². The molecular formula is C17H19FN2O. The highest BCUT2D eigenvalue weighted by Gasteiger charge is 2.17. The first-order valence-corrected chi connectivity index (χ1v) is 6.96. The van der Waals surface area contributed by atoms with Crippen LogP contribution < -0.4 is 10.6 Å². The van der Waals surface area contributed by atoms with Gasteiger partial charge in [0.25, 0.3) is 5.91 Å². The Kier molecular flexibility index (Phi) is 4.58. The maximum Gasteiger partial charge on any atom is 0.258 e. The minimum absolute atomic E-state index is 0.204. The van der Waals surface area contributed by atoms with E-state index in [2.05, 4.69) is 0 Å². The molecule has 3 nitrogen and oxygen atoms in total. The lowest BCUT2D eigenvalue weighted by molar-refractivity contribution is 0.0986. The van der Waals surface area contributed by atoms with Crippen molar-refractivity contribution in [2.24, 2.45) is 0 Å². The van der Waals surface area contributed by atoms with E-state index in [-0.39, 0.29) is 5.91 Å². The summed E-state index contributed by atoms with van der Waals surface area (Å²) in [6, 6.07) is 11.5.